The van der Waals surface area contributed by atoms with E-state index in [-0.39, 0.29) is 17.9 Å². The molecule has 3 aliphatic rings. The molecule has 5 heteroatoms. The Morgan fingerprint density at radius 3 is 2.88 bits per heavy atom. The van der Waals surface area contributed by atoms with Crippen LogP contribution in [0, 0.1) is 5.92 Å². The molecule has 2 N–H and O–H groups in total. The van der Waals surface area contributed by atoms with Gasteiger partial charge in [-0.1, -0.05) is 25.0 Å². The van der Waals surface area contributed by atoms with Crippen molar-refractivity contribution in [3.63, 3.8) is 0 Å². The van der Waals surface area contributed by atoms with Gasteiger partial charge < -0.3 is 15.5 Å². The number of benzene rings is 1. The van der Waals surface area contributed by atoms with Crippen LogP contribution in [0.3, 0.4) is 0 Å². The fraction of sp³-hybridized carbons (Fsp3) is 0.600. The molecule has 0 spiro atoms. The number of carbonyl (C=O) groups is 2. The fourth-order valence-electron chi connectivity index (χ4n) is 4.84. The number of anilines is 1. The Morgan fingerprint density at radius 2 is 2.08 bits per heavy atom. The van der Waals surface area contributed by atoms with Crippen LogP contribution >= 0.6 is 0 Å². The molecule has 2 heterocycles. The van der Waals surface area contributed by atoms with Crippen molar-refractivity contribution < 1.29 is 9.59 Å². The van der Waals surface area contributed by atoms with Crippen LogP contribution in [0.15, 0.2) is 18.2 Å². The van der Waals surface area contributed by atoms with E-state index in [0.717, 1.165) is 30.6 Å². The lowest BCUT2D eigenvalue weighted by atomic mass is 9.85. The van der Waals surface area contributed by atoms with E-state index in [1.165, 1.54) is 38.2 Å². The molecule has 3 atom stereocenters. The summed E-state index contributed by atoms with van der Waals surface area (Å²) in [5.41, 5.74) is 3.22. The summed E-state index contributed by atoms with van der Waals surface area (Å²) in [6.07, 6.45) is 6.89. The van der Waals surface area contributed by atoms with Gasteiger partial charge in [-0.3, -0.25) is 9.59 Å². The number of fused-ring (bicyclic) bond motifs is 2. The Kier molecular flexibility index (Phi) is 4.50. The minimum Gasteiger partial charge on any atom is -0.337 e. The molecule has 1 aromatic carbocycles. The van der Waals surface area contributed by atoms with Crippen molar-refractivity contribution in [3.05, 3.63) is 29.3 Å². The quantitative estimate of drug-likeness (QED) is 0.869. The lowest BCUT2D eigenvalue weighted by Crippen LogP contribution is -2.47. The second kappa shape index (κ2) is 6.79. The second-order valence-electron chi connectivity index (χ2n) is 7.74. The molecule has 1 saturated carbocycles. The molecule has 0 bridgehead atoms. The Balaban J connectivity index is 1.45. The highest BCUT2D eigenvalue weighted by atomic mass is 16.2. The topological polar surface area (TPSA) is 61.4 Å². The molecule has 0 aromatic heterocycles. The molecule has 25 heavy (non-hydrogen) atoms. The summed E-state index contributed by atoms with van der Waals surface area (Å²) in [6, 6.07) is 6.52. The normalized spacial score (nSPS) is 28.2. The van der Waals surface area contributed by atoms with E-state index in [1.807, 2.05) is 17.0 Å². The maximum Gasteiger partial charge on any atom is 0.240 e. The van der Waals surface area contributed by atoms with E-state index in [9.17, 15) is 9.59 Å². The van der Waals surface area contributed by atoms with Crippen LogP contribution in [0.5, 0.6) is 0 Å². The van der Waals surface area contributed by atoms with Crippen LogP contribution in [0.1, 0.15) is 50.2 Å². The smallest absolute Gasteiger partial charge is 0.240 e. The Bertz CT molecular complexity index is 674. The van der Waals surface area contributed by atoms with Crippen molar-refractivity contribution in [1.82, 2.24) is 10.2 Å². The van der Waals surface area contributed by atoms with Crippen LogP contribution in [0.25, 0.3) is 0 Å². The first-order valence-corrected chi connectivity index (χ1v) is 9.55. The summed E-state index contributed by atoms with van der Waals surface area (Å²) in [5, 5.41) is 6.51. The highest BCUT2D eigenvalue weighted by Crippen LogP contribution is 2.34. The second-order valence-corrected chi connectivity index (χ2v) is 7.74. The van der Waals surface area contributed by atoms with Crippen LogP contribution in [0.2, 0.25) is 0 Å². The van der Waals surface area contributed by atoms with Gasteiger partial charge >= 0.3 is 0 Å². The molecule has 2 fully saturated rings. The molecule has 4 rings (SSSR count). The van der Waals surface area contributed by atoms with Crippen LogP contribution < -0.4 is 10.6 Å². The number of amides is 2. The molecule has 3 unspecified atom stereocenters. The first kappa shape index (κ1) is 16.6. The van der Waals surface area contributed by atoms with Gasteiger partial charge in [0.2, 0.25) is 11.8 Å². The molecule has 2 amide bonds. The average molecular weight is 341 g/mol. The Hall–Kier alpha value is -1.88. The van der Waals surface area contributed by atoms with Crippen LogP contribution in [0.4, 0.5) is 5.69 Å². The Labute approximate surface area is 149 Å². The number of rotatable bonds is 2. The van der Waals surface area contributed by atoms with Gasteiger partial charge in [-0.05, 0) is 48.8 Å². The van der Waals surface area contributed by atoms with Gasteiger partial charge in [-0.25, -0.2) is 0 Å². The fourth-order valence-corrected chi connectivity index (χ4v) is 4.84. The maximum absolute atomic E-state index is 13.0. The van der Waals surface area contributed by atoms with Crippen molar-refractivity contribution in [2.75, 3.05) is 11.9 Å². The first-order chi connectivity index (χ1) is 12.1. The number of hydrogen-bond donors (Lipinski definition) is 2. The van der Waals surface area contributed by atoms with E-state index in [1.54, 1.807) is 0 Å². The molecular formula is C20H27N3O2. The summed E-state index contributed by atoms with van der Waals surface area (Å²) in [4.78, 5) is 26.4. The van der Waals surface area contributed by atoms with E-state index < -0.39 is 0 Å². The highest BCUT2D eigenvalue weighted by molar-refractivity contribution is 5.90. The summed E-state index contributed by atoms with van der Waals surface area (Å²) >= 11 is 0. The molecular weight excluding hydrogens is 314 g/mol. The molecule has 5 nitrogen and oxygen atoms in total. The van der Waals surface area contributed by atoms with E-state index >= 15 is 0 Å². The van der Waals surface area contributed by atoms with Gasteiger partial charge in [0.05, 0.1) is 6.04 Å². The van der Waals surface area contributed by atoms with E-state index in [2.05, 4.69) is 16.7 Å². The van der Waals surface area contributed by atoms with Crippen molar-refractivity contribution in [1.29, 1.82) is 0 Å². The lowest BCUT2D eigenvalue weighted by molar-refractivity contribution is -0.134. The predicted molar refractivity (Wildman–Crippen MR) is 97.2 cm³/mol. The van der Waals surface area contributed by atoms with Gasteiger partial charge in [-0.2, -0.15) is 0 Å². The highest BCUT2D eigenvalue weighted by Gasteiger charge is 2.40. The number of hydrogen-bond acceptors (Lipinski definition) is 3. The summed E-state index contributed by atoms with van der Waals surface area (Å²) in [7, 11) is 0. The monoisotopic (exact) mass is 341 g/mol. The number of nitrogens with one attached hydrogen (secondary N) is 2. The molecule has 1 saturated heterocycles. The van der Waals surface area contributed by atoms with Crippen LogP contribution in [-0.4, -0.2) is 35.3 Å². The molecule has 1 aliphatic carbocycles. The zero-order chi connectivity index (χ0) is 17.4. The summed E-state index contributed by atoms with van der Waals surface area (Å²) in [6.45, 7) is 2.91. The summed E-state index contributed by atoms with van der Waals surface area (Å²) < 4.78 is 0. The van der Waals surface area contributed by atoms with Crippen molar-refractivity contribution in [2.24, 2.45) is 5.92 Å². The van der Waals surface area contributed by atoms with E-state index in [4.69, 9.17) is 0 Å². The number of nitrogens with zero attached hydrogens (tertiary/aromatic N) is 1. The minimum absolute atomic E-state index is 0.00632. The molecule has 2 aliphatic heterocycles. The standard InChI is InChI=1S/C20H27N3O2/c1-13(24)21-18-8-4-6-15-12-23(10-9-16(15)18)20(25)19-11-14-5-2-3-7-17(14)22-19/h4,6,8,14,17,19,22H,2-3,5,7,9-12H2,1H3,(H,21,24). The SMILES string of the molecule is CC(=O)Nc1cccc2c1CCN(C(=O)C1CC3CCCCC3N1)C2. The largest absolute Gasteiger partial charge is 0.337 e. The maximum atomic E-state index is 13.0. The average Bonchev–Trinajstić information content (AvgIpc) is 3.04. The zero-order valence-corrected chi connectivity index (χ0v) is 14.9. The minimum atomic E-state index is -0.0512. The first-order valence-electron chi connectivity index (χ1n) is 9.55. The molecule has 0 radical (unpaired) electrons. The number of carbonyl (C=O) groups excluding carboxylic acids is 2. The van der Waals surface area contributed by atoms with Gasteiger partial charge in [0.15, 0.2) is 0 Å². The summed E-state index contributed by atoms with van der Waals surface area (Å²) in [5.74, 6) is 0.890. The third-order valence-corrected chi connectivity index (χ3v) is 6.05. The van der Waals surface area contributed by atoms with Gasteiger partial charge in [0, 0.05) is 31.7 Å². The van der Waals surface area contributed by atoms with Gasteiger partial charge in [0.25, 0.3) is 0 Å². The third-order valence-electron chi connectivity index (χ3n) is 6.05. The van der Waals surface area contributed by atoms with Crippen LogP contribution in [-0.2, 0) is 22.6 Å². The van der Waals surface area contributed by atoms with Gasteiger partial charge in [-0.15, -0.1) is 0 Å². The molecule has 1 aromatic rings. The Morgan fingerprint density at radius 1 is 1.24 bits per heavy atom. The van der Waals surface area contributed by atoms with E-state index in [0.29, 0.717) is 18.5 Å². The van der Waals surface area contributed by atoms with Crippen molar-refractivity contribution >= 4 is 17.5 Å². The van der Waals surface area contributed by atoms with Gasteiger partial charge in [0.1, 0.15) is 0 Å². The van der Waals surface area contributed by atoms with Crippen molar-refractivity contribution in [2.45, 2.75) is 64.1 Å². The molecule has 134 valence electrons. The zero-order valence-electron chi connectivity index (χ0n) is 14.9. The predicted octanol–water partition coefficient (Wildman–Crippen LogP) is 2.45. The third kappa shape index (κ3) is 3.30. The lowest BCUT2D eigenvalue weighted by Gasteiger charge is -2.32. The van der Waals surface area contributed by atoms with Crippen molar-refractivity contribution in [3.8, 4) is 0 Å².